The van der Waals surface area contributed by atoms with Crippen molar-refractivity contribution in [2.75, 3.05) is 13.6 Å². The minimum Gasteiger partial charge on any atom is -0.316 e. The second kappa shape index (κ2) is 5.78. The minimum atomic E-state index is -0.244. The molecule has 14 heavy (non-hydrogen) atoms. The molecule has 0 aromatic heterocycles. The van der Waals surface area contributed by atoms with Crippen LogP contribution in [0.2, 0.25) is 0 Å². The third kappa shape index (κ3) is 3.13. The fraction of sp³-hybridized carbons (Fsp3) is 0.273. The lowest BCUT2D eigenvalue weighted by Gasteiger charge is -1.99. The number of halogens is 2. The summed E-state index contributed by atoms with van der Waals surface area (Å²) < 4.78 is 13.2. The summed E-state index contributed by atoms with van der Waals surface area (Å²) in [6.07, 6.45) is 3.81. The molecule has 76 valence electrons. The van der Waals surface area contributed by atoms with Crippen LogP contribution in [0.1, 0.15) is 11.1 Å². The van der Waals surface area contributed by atoms with Crippen LogP contribution in [0.3, 0.4) is 0 Å². The van der Waals surface area contributed by atoms with Gasteiger partial charge in [0.05, 0.1) is 5.88 Å². The van der Waals surface area contributed by atoms with E-state index in [1.54, 1.807) is 6.07 Å². The molecule has 0 aliphatic heterocycles. The Bertz CT molecular complexity index is 323. The van der Waals surface area contributed by atoms with E-state index in [0.29, 0.717) is 5.56 Å². The first kappa shape index (κ1) is 11.2. The van der Waals surface area contributed by atoms with E-state index in [1.165, 1.54) is 6.07 Å². The number of likely N-dealkylation sites (N-methyl/N-ethyl adjacent to an activating group) is 1. The van der Waals surface area contributed by atoms with E-state index in [9.17, 15) is 4.39 Å². The smallest absolute Gasteiger partial charge is 0.128 e. The second-order valence-electron chi connectivity index (χ2n) is 2.94. The van der Waals surface area contributed by atoms with E-state index in [4.69, 9.17) is 11.6 Å². The van der Waals surface area contributed by atoms with Crippen LogP contribution >= 0.6 is 11.6 Å². The quantitative estimate of drug-likeness (QED) is 0.759. The summed E-state index contributed by atoms with van der Waals surface area (Å²) in [5.74, 6) is -0.0293. The fourth-order valence-corrected chi connectivity index (χ4v) is 1.31. The lowest BCUT2D eigenvalue weighted by atomic mass is 10.1. The lowest BCUT2D eigenvalue weighted by molar-refractivity contribution is 0.616. The predicted octanol–water partition coefficient (Wildman–Crippen LogP) is 2.80. The van der Waals surface area contributed by atoms with Gasteiger partial charge in [-0.1, -0.05) is 24.3 Å². The number of hydrogen-bond acceptors (Lipinski definition) is 1. The van der Waals surface area contributed by atoms with Crippen LogP contribution in [0.4, 0.5) is 4.39 Å². The van der Waals surface area contributed by atoms with E-state index >= 15 is 0 Å². The number of alkyl halides is 1. The molecule has 0 amide bonds. The van der Waals surface area contributed by atoms with Crippen molar-refractivity contribution >= 4 is 17.7 Å². The van der Waals surface area contributed by atoms with Crippen molar-refractivity contribution in [1.82, 2.24) is 5.32 Å². The highest BCUT2D eigenvalue weighted by molar-refractivity contribution is 6.17. The highest BCUT2D eigenvalue weighted by atomic mass is 35.5. The van der Waals surface area contributed by atoms with Gasteiger partial charge in [-0.05, 0) is 18.7 Å². The Morgan fingerprint density at radius 3 is 2.86 bits per heavy atom. The van der Waals surface area contributed by atoms with Gasteiger partial charge < -0.3 is 5.32 Å². The second-order valence-corrected chi connectivity index (χ2v) is 3.21. The van der Waals surface area contributed by atoms with Crippen LogP contribution < -0.4 is 5.32 Å². The first-order valence-corrected chi connectivity index (χ1v) is 4.97. The monoisotopic (exact) mass is 213 g/mol. The lowest BCUT2D eigenvalue weighted by Crippen LogP contribution is -2.03. The topological polar surface area (TPSA) is 12.0 Å². The maximum atomic E-state index is 13.2. The van der Waals surface area contributed by atoms with Crippen LogP contribution in [0.15, 0.2) is 24.3 Å². The Morgan fingerprint density at radius 2 is 2.29 bits per heavy atom. The molecule has 0 aliphatic rings. The van der Waals surface area contributed by atoms with E-state index in [2.05, 4.69) is 5.32 Å². The standard InChI is InChI=1S/C11H13ClFN/c1-14-6-2-3-9-4-5-10(8-12)11(13)7-9/h2-5,7,14H,6,8H2,1H3. The molecule has 1 nitrogen and oxygen atoms in total. The van der Waals surface area contributed by atoms with Crippen LogP contribution in [-0.2, 0) is 5.88 Å². The van der Waals surface area contributed by atoms with E-state index in [-0.39, 0.29) is 11.7 Å². The average Bonchev–Trinajstić information content (AvgIpc) is 2.18. The highest BCUT2D eigenvalue weighted by Gasteiger charge is 1.99. The van der Waals surface area contributed by atoms with Crippen LogP contribution in [0, 0.1) is 5.82 Å². The molecule has 1 rings (SSSR count). The Kier molecular flexibility index (Phi) is 4.63. The summed E-state index contributed by atoms with van der Waals surface area (Å²) in [6.45, 7) is 0.777. The Labute approximate surface area is 88.6 Å². The molecular formula is C11H13ClFN. The van der Waals surface area contributed by atoms with Gasteiger partial charge in [-0.15, -0.1) is 11.6 Å². The summed E-state index contributed by atoms with van der Waals surface area (Å²) in [6, 6.07) is 5.05. The molecule has 0 aliphatic carbocycles. The van der Waals surface area contributed by atoms with E-state index in [0.717, 1.165) is 12.1 Å². The van der Waals surface area contributed by atoms with Crippen LogP contribution in [0.5, 0.6) is 0 Å². The van der Waals surface area contributed by atoms with Crippen molar-refractivity contribution in [3.05, 3.63) is 41.2 Å². The van der Waals surface area contributed by atoms with Crippen molar-refractivity contribution in [1.29, 1.82) is 0 Å². The van der Waals surface area contributed by atoms with Gasteiger partial charge in [0.25, 0.3) is 0 Å². The van der Waals surface area contributed by atoms with Gasteiger partial charge in [-0.25, -0.2) is 4.39 Å². The first-order chi connectivity index (χ1) is 6.77. The molecule has 3 heteroatoms. The molecule has 0 spiro atoms. The minimum absolute atomic E-state index is 0.215. The summed E-state index contributed by atoms with van der Waals surface area (Å²) >= 11 is 5.54. The molecule has 0 saturated heterocycles. The molecule has 0 radical (unpaired) electrons. The Hall–Kier alpha value is -0.860. The van der Waals surface area contributed by atoms with Crippen LogP contribution in [0.25, 0.3) is 6.08 Å². The zero-order chi connectivity index (χ0) is 10.4. The Balaban J connectivity index is 2.76. The van der Waals surface area contributed by atoms with Gasteiger partial charge >= 0.3 is 0 Å². The zero-order valence-corrected chi connectivity index (χ0v) is 8.81. The summed E-state index contributed by atoms with van der Waals surface area (Å²) in [7, 11) is 1.86. The highest BCUT2D eigenvalue weighted by Crippen LogP contribution is 2.13. The van der Waals surface area contributed by atoms with Crippen LogP contribution in [-0.4, -0.2) is 13.6 Å². The zero-order valence-electron chi connectivity index (χ0n) is 8.06. The number of hydrogen-bond donors (Lipinski definition) is 1. The van der Waals surface area contributed by atoms with E-state index in [1.807, 2.05) is 25.3 Å². The fourth-order valence-electron chi connectivity index (χ4n) is 1.09. The molecule has 0 bridgehead atoms. The maximum Gasteiger partial charge on any atom is 0.128 e. The van der Waals surface area contributed by atoms with Gasteiger partial charge in [-0.2, -0.15) is 0 Å². The number of nitrogens with one attached hydrogen (secondary N) is 1. The third-order valence-corrected chi connectivity index (χ3v) is 2.14. The Morgan fingerprint density at radius 1 is 1.50 bits per heavy atom. The van der Waals surface area contributed by atoms with E-state index < -0.39 is 0 Å². The first-order valence-electron chi connectivity index (χ1n) is 4.43. The number of rotatable bonds is 4. The maximum absolute atomic E-state index is 13.2. The average molecular weight is 214 g/mol. The van der Waals surface area contributed by atoms with Crippen molar-refractivity contribution < 1.29 is 4.39 Å². The van der Waals surface area contributed by atoms with Crippen molar-refractivity contribution in [2.45, 2.75) is 5.88 Å². The summed E-state index contributed by atoms with van der Waals surface area (Å²) in [5, 5.41) is 2.97. The van der Waals surface area contributed by atoms with Crippen molar-refractivity contribution in [3.63, 3.8) is 0 Å². The predicted molar refractivity (Wildman–Crippen MR) is 58.9 cm³/mol. The molecule has 1 aromatic carbocycles. The van der Waals surface area contributed by atoms with Gasteiger partial charge in [0.2, 0.25) is 0 Å². The summed E-state index contributed by atoms with van der Waals surface area (Å²) in [4.78, 5) is 0. The largest absolute Gasteiger partial charge is 0.316 e. The SMILES string of the molecule is CNCC=Cc1ccc(CCl)c(F)c1. The van der Waals surface area contributed by atoms with Gasteiger partial charge in [0, 0.05) is 12.1 Å². The normalized spacial score (nSPS) is 11.1. The molecule has 0 heterocycles. The van der Waals surface area contributed by atoms with Crippen molar-refractivity contribution in [2.24, 2.45) is 0 Å². The van der Waals surface area contributed by atoms with Crippen molar-refractivity contribution in [3.8, 4) is 0 Å². The van der Waals surface area contributed by atoms with Gasteiger partial charge in [0.15, 0.2) is 0 Å². The molecule has 0 fully saturated rings. The molecule has 0 saturated carbocycles. The molecule has 0 unspecified atom stereocenters. The molecular weight excluding hydrogens is 201 g/mol. The molecule has 0 atom stereocenters. The summed E-state index contributed by atoms with van der Waals surface area (Å²) in [5.41, 5.74) is 1.39. The molecule has 1 N–H and O–H groups in total. The molecule has 1 aromatic rings. The third-order valence-electron chi connectivity index (χ3n) is 1.85. The number of benzene rings is 1. The van der Waals surface area contributed by atoms with Gasteiger partial charge in [0.1, 0.15) is 5.82 Å². The van der Waals surface area contributed by atoms with Gasteiger partial charge in [-0.3, -0.25) is 0 Å².